The maximum absolute atomic E-state index is 12.8. The quantitative estimate of drug-likeness (QED) is 0.495. The van der Waals surface area contributed by atoms with Gasteiger partial charge in [0.25, 0.3) is 0 Å². The molecule has 1 aliphatic carbocycles. The molecular weight excluding hydrogens is 324 g/mol. The third-order valence-corrected chi connectivity index (χ3v) is 3.91. The first-order valence-corrected chi connectivity index (χ1v) is 7.18. The van der Waals surface area contributed by atoms with Crippen molar-refractivity contribution in [2.24, 2.45) is 0 Å². The van der Waals surface area contributed by atoms with E-state index in [1.807, 2.05) is 0 Å². The van der Waals surface area contributed by atoms with Crippen molar-refractivity contribution in [1.29, 1.82) is 0 Å². The van der Waals surface area contributed by atoms with Crippen LogP contribution in [0, 0.1) is 0 Å². The SMILES string of the molecule is C=CC(=O)Nc1cc(C(=O)O)c(N)c2c1C(=O)c1ccccc1C2=O. The lowest BCUT2D eigenvalue weighted by atomic mass is 9.81. The number of carboxylic acids is 1. The summed E-state index contributed by atoms with van der Waals surface area (Å²) in [7, 11) is 0. The summed E-state index contributed by atoms with van der Waals surface area (Å²) in [5, 5.41) is 11.7. The standard InChI is InChI=1S/C18H12N2O5/c1-2-12(21)20-11-7-10(18(24)25)15(19)14-13(11)16(22)8-5-3-4-6-9(8)17(14)23/h2-7H,1,19H2,(H,20,21)(H,24,25). The van der Waals surface area contributed by atoms with Crippen LogP contribution in [-0.4, -0.2) is 28.5 Å². The Morgan fingerprint density at radius 1 is 1.08 bits per heavy atom. The molecule has 0 heterocycles. The Labute approximate surface area is 141 Å². The first kappa shape index (κ1) is 16.1. The molecule has 2 aromatic carbocycles. The van der Waals surface area contributed by atoms with Crippen LogP contribution in [0.5, 0.6) is 0 Å². The molecule has 0 aromatic heterocycles. The molecule has 3 rings (SSSR count). The van der Waals surface area contributed by atoms with Gasteiger partial charge >= 0.3 is 5.97 Å². The van der Waals surface area contributed by atoms with Gasteiger partial charge in [-0.3, -0.25) is 14.4 Å². The van der Waals surface area contributed by atoms with Gasteiger partial charge in [0.2, 0.25) is 5.91 Å². The van der Waals surface area contributed by atoms with E-state index in [1.54, 1.807) is 12.1 Å². The van der Waals surface area contributed by atoms with Crippen molar-refractivity contribution in [2.75, 3.05) is 11.1 Å². The van der Waals surface area contributed by atoms with Crippen LogP contribution in [0.1, 0.15) is 42.2 Å². The van der Waals surface area contributed by atoms with E-state index < -0.39 is 23.4 Å². The highest BCUT2D eigenvalue weighted by atomic mass is 16.4. The van der Waals surface area contributed by atoms with Gasteiger partial charge in [0.15, 0.2) is 11.6 Å². The van der Waals surface area contributed by atoms with Crippen molar-refractivity contribution in [3.8, 4) is 0 Å². The van der Waals surface area contributed by atoms with Crippen molar-refractivity contribution in [3.05, 3.63) is 70.8 Å². The number of aromatic carboxylic acids is 1. The van der Waals surface area contributed by atoms with Gasteiger partial charge in [-0.05, 0) is 12.1 Å². The number of carbonyl (C=O) groups excluding carboxylic acids is 3. The summed E-state index contributed by atoms with van der Waals surface area (Å²) < 4.78 is 0. The molecular formula is C18H12N2O5. The molecule has 0 aliphatic heterocycles. The van der Waals surface area contributed by atoms with Gasteiger partial charge in [-0.15, -0.1) is 0 Å². The van der Waals surface area contributed by atoms with Crippen molar-refractivity contribution in [1.82, 2.24) is 0 Å². The summed E-state index contributed by atoms with van der Waals surface area (Å²) in [6.07, 6.45) is 0.965. The maximum atomic E-state index is 12.8. The molecule has 7 heteroatoms. The lowest BCUT2D eigenvalue weighted by Gasteiger charge is -2.22. The van der Waals surface area contributed by atoms with Crippen LogP contribution in [0.3, 0.4) is 0 Å². The van der Waals surface area contributed by atoms with E-state index in [0.717, 1.165) is 12.1 Å². The number of fused-ring (bicyclic) bond motifs is 2. The number of ketones is 2. The molecule has 4 N–H and O–H groups in total. The van der Waals surface area contributed by atoms with Crippen LogP contribution < -0.4 is 11.1 Å². The summed E-state index contributed by atoms with van der Waals surface area (Å²) in [4.78, 5) is 48.7. The molecule has 124 valence electrons. The van der Waals surface area contributed by atoms with Crippen LogP contribution in [-0.2, 0) is 4.79 Å². The predicted molar refractivity (Wildman–Crippen MR) is 89.9 cm³/mol. The molecule has 0 atom stereocenters. The second-order valence-electron chi connectivity index (χ2n) is 5.34. The summed E-state index contributed by atoms with van der Waals surface area (Å²) >= 11 is 0. The van der Waals surface area contributed by atoms with Crippen molar-refractivity contribution in [2.45, 2.75) is 0 Å². The molecule has 0 fully saturated rings. The highest BCUT2D eigenvalue weighted by Crippen LogP contribution is 2.37. The second kappa shape index (κ2) is 5.72. The minimum Gasteiger partial charge on any atom is -0.478 e. The highest BCUT2D eigenvalue weighted by molar-refractivity contribution is 6.33. The van der Waals surface area contributed by atoms with Crippen LogP contribution in [0.25, 0.3) is 0 Å². The molecule has 0 unspecified atom stereocenters. The van der Waals surface area contributed by atoms with Gasteiger partial charge in [-0.25, -0.2) is 4.79 Å². The van der Waals surface area contributed by atoms with Gasteiger partial charge in [0, 0.05) is 11.1 Å². The third-order valence-electron chi connectivity index (χ3n) is 3.91. The molecule has 0 bridgehead atoms. The molecule has 0 spiro atoms. The topological polar surface area (TPSA) is 127 Å². The van der Waals surface area contributed by atoms with E-state index in [0.29, 0.717) is 0 Å². The number of nitrogen functional groups attached to an aromatic ring is 1. The number of amides is 1. The van der Waals surface area contributed by atoms with Gasteiger partial charge in [0.05, 0.1) is 28.1 Å². The van der Waals surface area contributed by atoms with Crippen molar-refractivity contribution >= 4 is 34.8 Å². The molecule has 0 radical (unpaired) electrons. The van der Waals surface area contributed by atoms with E-state index in [1.165, 1.54) is 12.1 Å². The smallest absolute Gasteiger partial charge is 0.337 e. The Morgan fingerprint density at radius 3 is 2.16 bits per heavy atom. The fourth-order valence-electron chi connectivity index (χ4n) is 2.78. The summed E-state index contributed by atoms with van der Waals surface area (Å²) in [6.45, 7) is 3.31. The minimum atomic E-state index is -1.38. The second-order valence-corrected chi connectivity index (χ2v) is 5.34. The van der Waals surface area contributed by atoms with E-state index in [4.69, 9.17) is 5.73 Å². The van der Waals surface area contributed by atoms with E-state index in [9.17, 15) is 24.3 Å². The van der Waals surface area contributed by atoms with Gasteiger partial charge in [-0.1, -0.05) is 30.8 Å². The van der Waals surface area contributed by atoms with E-state index >= 15 is 0 Å². The number of rotatable bonds is 3. The highest BCUT2D eigenvalue weighted by Gasteiger charge is 2.35. The van der Waals surface area contributed by atoms with E-state index in [2.05, 4.69) is 11.9 Å². The number of nitrogens with two attached hydrogens (primary N) is 1. The van der Waals surface area contributed by atoms with Crippen molar-refractivity contribution < 1.29 is 24.3 Å². The summed E-state index contributed by atoms with van der Waals surface area (Å²) in [5.41, 5.74) is 5.03. The monoisotopic (exact) mass is 336 g/mol. The largest absolute Gasteiger partial charge is 0.478 e. The fraction of sp³-hybridized carbons (Fsp3) is 0. The van der Waals surface area contributed by atoms with Crippen LogP contribution >= 0.6 is 0 Å². The summed E-state index contributed by atoms with van der Waals surface area (Å²) in [6, 6.07) is 7.21. The Hall–Kier alpha value is -3.74. The summed E-state index contributed by atoms with van der Waals surface area (Å²) in [5.74, 6) is -3.12. The normalized spacial score (nSPS) is 12.2. The van der Waals surface area contributed by atoms with Crippen LogP contribution in [0.2, 0.25) is 0 Å². The molecule has 1 amide bonds. The van der Waals surface area contributed by atoms with Gasteiger partial charge < -0.3 is 16.2 Å². The zero-order valence-electron chi connectivity index (χ0n) is 12.8. The molecule has 0 saturated carbocycles. The van der Waals surface area contributed by atoms with Gasteiger partial charge in [-0.2, -0.15) is 0 Å². The lowest BCUT2D eigenvalue weighted by Crippen LogP contribution is -2.26. The Balaban J connectivity index is 2.37. The molecule has 2 aromatic rings. The minimum absolute atomic E-state index is 0.0978. The molecule has 7 nitrogen and oxygen atoms in total. The number of hydrogen-bond acceptors (Lipinski definition) is 5. The van der Waals surface area contributed by atoms with Crippen LogP contribution in [0.4, 0.5) is 11.4 Å². The Bertz CT molecular complexity index is 991. The van der Waals surface area contributed by atoms with Gasteiger partial charge in [0.1, 0.15) is 0 Å². The maximum Gasteiger partial charge on any atom is 0.337 e. The predicted octanol–water partition coefficient (Wildman–Crippen LogP) is 1.87. The molecule has 25 heavy (non-hydrogen) atoms. The zero-order valence-corrected chi connectivity index (χ0v) is 12.8. The Morgan fingerprint density at radius 2 is 1.64 bits per heavy atom. The first-order chi connectivity index (χ1) is 11.9. The third kappa shape index (κ3) is 2.38. The first-order valence-electron chi connectivity index (χ1n) is 7.18. The lowest BCUT2D eigenvalue weighted by molar-refractivity contribution is -0.111. The number of anilines is 2. The molecule has 1 aliphatic rings. The molecule has 0 saturated heterocycles. The number of benzene rings is 2. The van der Waals surface area contributed by atoms with Crippen molar-refractivity contribution in [3.63, 3.8) is 0 Å². The number of hydrogen-bond donors (Lipinski definition) is 3. The zero-order chi connectivity index (χ0) is 18.3. The number of nitrogens with one attached hydrogen (secondary N) is 1. The average Bonchev–Trinajstić information content (AvgIpc) is 2.60. The number of carbonyl (C=O) groups is 4. The Kier molecular flexibility index (Phi) is 3.69. The van der Waals surface area contributed by atoms with Crippen LogP contribution in [0.15, 0.2) is 43.0 Å². The number of carboxylic acid groups (broad SMARTS) is 1. The van der Waals surface area contributed by atoms with E-state index in [-0.39, 0.29) is 39.2 Å². The average molecular weight is 336 g/mol. The fourth-order valence-corrected chi connectivity index (χ4v) is 2.78.